The number of fused-ring (bicyclic) bond motifs is 1. The molecule has 0 saturated heterocycles. The lowest BCUT2D eigenvalue weighted by atomic mass is 10.2. The number of halogens is 1. The molecule has 0 unspecified atom stereocenters. The summed E-state index contributed by atoms with van der Waals surface area (Å²) in [6, 6.07) is 14.3. The minimum atomic E-state index is -0.233. The van der Waals surface area contributed by atoms with Crippen molar-refractivity contribution in [1.82, 2.24) is 4.98 Å². The summed E-state index contributed by atoms with van der Waals surface area (Å²) in [5.41, 5.74) is 8.58. The van der Waals surface area contributed by atoms with Crippen molar-refractivity contribution in [3.05, 3.63) is 59.9 Å². The van der Waals surface area contributed by atoms with Crippen LogP contribution in [0, 0.1) is 12.7 Å². The molecule has 1 heterocycles. The number of nitrogen functional groups attached to an aromatic ring is 1. The third-order valence-electron chi connectivity index (χ3n) is 3.24. The normalized spacial score (nSPS) is 10.7. The van der Waals surface area contributed by atoms with Crippen LogP contribution in [0.2, 0.25) is 0 Å². The highest BCUT2D eigenvalue weighted by Crippen LogP contribution is 2.23. The van der Waals surface area contributed by atoms with Gasteiger partial charge in [-0.05, 0) is 49.4 Å². The molecule has 100 valence electrons. The van der Waals surface area contributed by atoms with Crippen LogP contribution >= 0.6 is 0 Å². The molecule has 3 nitrogen and oxygen atoms in total. The zero-order chi connectivity index (χ0) is 14.1. The molecule has 0 fully saturated rings. The van der Waals surface area contributed by atoms with Gasteiger partial charge in [0.25, 0.3) is 0 Å². The van der Waals surface area contributed by atoms with E-state index in [9.17, 15) is 4.39 Å². The monoisotopic (exact) mass is 267 g/mol. The first-order valence-corrected chi connectivity index (χ1v) is 6.32. The molecule has 0 aliphatic rings. The SMILES string of the molecule is Cc1c(F)cccc1Nc1ccc2cc(N)ccc2n1. The molecule has 3 rings (SSSR count). The van der Waals surface area contributed by atoms with E-state index in [4.69, 9.17) is 5.73 Å². The minimum Gasteiger partial charge on any atom is -0.399 e. The maximum atomic E-state index is 13.5. The van der Waals surface area contributed by atoms with Gasteiger partial charge in [-0.2, -0.15) is 0 Å². The summed E-state index contributed by atoms with van der Waals surface area (Å²) in [7, 11) is 0. The zero-order valence-corrected chi connectivity index (χ0v) is 11.0. The van der Waals surface area contributed by atoms with Gasteiger partial charge in [-0.15, -0.1) is 0 Å². The molecule has 0 saturated carbocycles. The third-order valence-corrected chi connectivity index (χ3v) is 3.24. The summed E-state index contributed by atoms with van der Waals surface area (Å²) in [5, 5.41) is 4.12. The lowest BCUT2D eigenvalue weighted by Crippen LogP contribution is -1.97. The first kappa shape index (κ1) is 12.4. The van der Waals surface area contributed by atoms with Crippen molar-refractivity contribution >= 4 is 28.1 Å². The van der Waals surface area contributed by atoms with Gasteiger partial charge >= 0.3 is 0 Å². The van der Waals surface area contributed by atoms with E-state index >= 15 is 0 Å². The molecular weight excluding hydrogens is 253 g/mol. The first-order chi connectivity index (χ1) is 9.63. The lowest BCUT2D eigenvalue weighted by Gasteiger charge is -2.10. The van der Waals surface area contributed by atoms with E-state index in [2.05, 4.69) is 10.3 Å². The predicted molar refractivity (Wildman–Crippen MR) is 80.6 cm³/mol. The Balaban J connectivity index is 1.99. The fraction of sp³-hybridized carbons (Fsp3) is 0.0625. The van der Waals surface area contributed by atoms with Crippen LogP contribution in [0.3, 0.4) is 0 Å². The van der Waals surface area contributed by atoms with Crippen LogP contribution in [-0.4, -0.2) is 4.98 Å². The molecule has 0 aliphatic carbocycles. The maximum Gasteiger partial charge on any atom is 0.131 e. The number of hydrogen-bond acceptors (Lipinski definition) is 3. The Morgan fingerprint density at radius 2 is 1.95 bits per heavy atom. The van der Waals surface area contributed by atoms with E-state index in [1.54, 1.807) is 13.0 Å². The highest BCUT2D eigenvalue weighted by Gasteiger charge is 2.05. The van der Waals surface area contributed by atoms with Crippen LogP contribution in [0.4, 0.5) is 21.6 Å². The number of benzene rings is 2. The highest BCUT2D eigenvalue weighted by molar-refractivity contribution is 5.83. The number of anilines is 3. The predicted octanol–water partition coefficient (Wildman–Crippen LogP) is 4.01. The Morgan fingerprint density at radius 1 is 1.10 bits per heavy atom. The first-order valence-electron chi connectivity index (χ1n) is 6.32. The van der Waals surface area contributed by atoms with Crippen molar-refractivity contribution in [2.75, 3.05) is 11.1 Å². The summed E-state index contributed by atoms with van der Waals surface area (Å²) in [4.78, 5) is 4.49. The van der Waals surface area contributed by atoms with Crippen molar-refractivity contribution in [3.63, 3.8) is 0 Å². The van der Waals surface area contributed by atoms with Crippen LogP contribution in [0.1, 0.15) is 5.56 Å². The minimum absolute atomic E-state index is 0.233. The molecule has 20 heavy (non-hydrogen) atoms. The Morgan fingerprint density at radius 3 is 2.80 bits per heavy atom. The van der Waals surface area contributed by atoms with Crippen LogP contribution in [-0.2, 0) is 0 Å². The number of nitrogens with zero attached hydrogens (tertiary/aromatic N) is 1. The fourth-order valence-corrected chi connectivity index (χ4v) is 2.09. The van der Waals surface area contributed by atoms with E-state index in [0.717, 1.165) is 10.9 Å². The summed E-state index contributed by atoms with van der Waals surface area (Å²) in [6.07, 6.45) is 0. The van der Waals surface area contributed by atoms with Crippen molar-refractivity contribution < 1.29 is 4.39 Å². The van der Waals surface area contributed by atoms with Crippen LogP contribution in [0.15, 0.2) is 48.5 Å². The molecule has 2 aromatic carbocycles. The lowest BCUT2D eigenvalue weighted by molar-refractivity contribution is 0.619. The smallest absolute Gasteiger partial charge is 0.131 e. The van der Waals surface area contributed by atoms with E-state index in [0.29, 0.717) is 22.8 Å². The maximum absolute atomic E-state index is 13.5. The highest BCUT2D eigenvalue weighted by atomic mass is 19.1. The van der Waals surface area contributed by atoms with Gasteiger partial charge in [0.1, 0.15) is 11.6 Å². The fourth-order valence-electron chi connectivity index (χ4n) is 2.09. The molecule has 0 bridgehead atoms. The van der Waals surface area contributed by atoms with Gasteiger partial charge in [0.05, 0.1) is 5.52 Å². The number of nitrogens with one attached hydrogen (secondary N) is 1. The van der Waals surface area contributed by atoms with E-state index in [1.807, 2.05) is 36.4 Å². The van der Waals surface area contributed by atoms with Gasteiger partial charge < -0.3 is 11.1 Å². The standard InChI is InChI=1S/C16H14FN3/c1-10-13(17)3-2-4-14(10)19-16-8-5-11-9-12(18)6-7-15(11)20-16/h2-9H,18H2,1H3,(H,19,20). The topological polar surface area (TPSA) is 50.9 Å². The van der Waals surface area contributed by atoms with Gasteiger partial charge in [0.2, 0.25) is 0 Å². The Hall–Kier alpha value is -2.62. The average Bonchev–Trinajstić information content (AvgIpc) is 2.44. The van der Waals surface area contributed by atoms with Gasteiger partial charge in [-0.25, -0.2) is 9.37 Å². The van der Waals surface area contributed by atoms with Crippen LogP contribution in [0.5, 0.6) is 0 Å². The summed E-state index contributed by atoms with van der Waals surface area (Å²) in [6.45, 7) is 1.74. The molecule has 0 radical (unpaired) electrons. The molecule has 0 atom stereocenters. The number of nitrogens with two attached hydrogens (primary N) is 1. The van der Waals surface area contributed by atoms with Gasteiger partial charge in [-0.1, -0.05) is 6.07 Å². The van der Waals surface area contributed by atoms with Crippen molar-refractivity contribution in [1.29, 1.82) is 0 Å². The van der Waals surface area contributed by atoms with E-state index in [-0.39, 0.29) is 5.82 Å². The van der Waals surface area contributed by atoms with Crippen LogP contribution in [0.25, 0.3) is 10.9 Å². The van der Waals surface area contributed by atoms with Gasteiger partial charge in [0, 0.05) is 22.3 Å². The number of rotatable bonds is 2. The Labute approximate surface area is 116 Å². The molecule has 3 N–H and O–H groups in total. The van der Waals surface area contributed by atoms with Crippen molar-refractivity contribution in [2.24, 2.45) is 0 Å². The molecule has 4 heteroatoms. The molecular formula is C16H14FN3. The van der Waals surface area contributed by atoms with E-state index < -0.39 is 0 Å². The van der Waals surface area contributed by atoms with E-state index in [1.165, 1.54) is 6.07 Å². The Kier molecular flexibility index (Phi) is 2.99. The third kappa shape index (κ3) is 2.28. The molecule has 0 aliphatic heterocycles. The quantitative estimate of drug-likeness (QED) is 0.690. The molecule has 0 spiro atoms. The number of pyridine rings is 1. The number of aromatic nitrogens is 1. The van der Waals surface area contributed by atoms with Crippen LogP contribution < -0.4 is 11.1 Å². The average molecular weight is 267 g/mol. The summed E-state index contributed by atoms with van der Waals surface area (Å²) in [5.74, 6) is 0.444. The van der Waals surface area contributed by atoms with Crippen molar-refractivity contribution in [3.8, 4) is 0 Å². The van der Waals surface area contributed by atoms with Gasteiger partial charge in [-0.3, -0.25) is 0 Å². The zero-order valence-electron chi connectivity index (χ0n) is 11.0. The van der Waals surface area contributed by atoms with Gasteiger partial charge in [0.15, 0.2) is 0 Å². The van der Waals surface area contributed by atoms with Crippen molar-refractivity contribution in [2.45, 2.75) is 6.92 Å². The Bertz CT molecular complexity index is 784. The molecule has 0 amide bonds. The summed E-state index contributed by atoms with van der Waals surface area (Å²) < 4.78 is 13.5. The number of hydrogen-bond donors (Lipinski definition) is 2. The molecule has 3 aromatic rings. The second kappa shape index (κ2) is 4.81. The summed E-state index contributed by atoms with van der Waals surface area (Å²) >= 11 is 0. The molecule has 1 aromatic heterocycles. The second-order valence-electron chi connectivity index (χ2n) is 4.69. The second-order valence-corrected chi connectivity index (χ2v) is 4.69. The largest absolute Gasteiger partial charge is 0.399 e.